The van der Waals surface area contributed by atoms with Crippen LogP contribution < -0.4 is 14.2 Å². The van der Waals surface area contributed by atoms with E-state index < -0.39 is 0 Å². The summed E-state index contributed by atoms with van der Waals surface area (Å²) in [5.74, 6) is 25.4. The smallest absolute Gasteiger partial charge is 0.356 e. The summed E-state index contributed by atoms with van der Waals surface area (Å²) in [6.45, 7) is 10.8. The van der Waals surface area contributed by atoms with E-state index in [4.69, 9.17) is 37.9 Å². The Morgan fingerprint density at radius 2 is 0.535 bits per heavy atom. The third-order valence-corrected chi connectivity index (χ3v) is 46.9. The minimum absolute atomic E-state index is 0.00303. The van der Waals surface area contributed by atoms with Gasteiger partial charge in [-0.1, -0.05) is 67.9 Å². The molecule has 0 aromatic heterocycles. The maximum atomic E-state index is 12.9. The molecule has 19 fully saturated rings. The highest BCUT2D eigenvalue weighted by Gasteiger charge is 2.61. The molecule has 5 saturated heterocycles. The molecule has 14 saturated carbocycles. The van der Waals surface area contributed by atoms with E-state index in [1.165, 1.54) is 281 Å². The van der Waals surface area contributed by atoms with Crippen molar-refractivity contribution < 1.29 is 61.9 Å². The molecular weight excluding hydrogens is 1700 g/mol. The Labute approximate surface area is 786 Å². The Bertz CT molecular complexity index is 4720. The van der Waals surface area contributed by atoms with Crippen LogP contribution in [0, 0.1) is 71.0 Å². The van der Waals surface area contributed by atoms with Crippen molar-refractivity contribution in [3.8, 4) is 17.2 Å². The van der Waals surface area contributed by atoms with E-state index in [1.807, 2.05) is 12.1 Å². The molecule has 129 heavy (non-hydrogen) atoms. The second-order valence-electron chi connectivity index (χ2n) is 43.3. The van der Waals surface area contributed by atoms with E-state index in [2.05, 4.69) is 132 Å². The quantitative estimate of drug-likeness (QED) is 0.0359. The molecule has 25 rings (SSSR count). The molecule has 0 spiro atoms. The lowest BCUT2D eigenvalue weighted by atomic mass is 9.50. The lowest BCUT2D eigenvalue weighted by Gasteiger charge is -2.59. The van der Waals surface area contributed by atoms with Crippen LogP contribution in [0.1, 0.15) is 285 Å². The summed E-state index contributed by atoms with van der Waals surface area (Å²) >= 11 is 0. The predicted octanol–water partition coefficient (Wildman–Crippen LogP) is 24.1. The predicted molar refractivity (Wildman–Crippen MR) is 533 cm³/mol. The zero-order chi connectivity index (χ0) is 88.7. The third-order valence-electron chi connectivity index (χ3n) is 34.5. The average molecular weight is 1860 g/mol. The van der Waals surface area contributed by atoms with Crippen molar-refractivity contribution in [1.82, 2.24) is 0 Å². The van der Waals surface area contributed by atoms with Crippen molar-refractivity contribution in [2.75, 3.05) is 88.9 Å². The lowest BCUT2D eigenvalue weighted by Crippen LogP contribution is -2.58. The molecule has 6 aromatic carbocycles. The normalized spacial score (nSPS) is 31.8. The van der Waals surface area contributed by atoms with Crippen molar-refractivity contribution in [2.45, 2.75) is 328 Å². The van der Waals surface area contributed by atoms with Gasteiger partial charge in [-0.25, -0.2) is 24.0 Å². The van der Waals surface area contributed by atoms with Gasteiger partial charge in [0.2, 0.25) is 11.5 Å². The summed E-state index contributed by atoms with van der Waals surface area (Å²) < 4.78 is 48.1. The fraction of sp³-hybridized carbons (Fsp3) is 0.685. The molecule has 19 aliphatic rings. The van der Waals surface area contributed by atoms with E-state index in [-0.39, 0.29) is 77.7 Å². The topological polar surface area (TPSA) is 159 Å². The maximum absolute atomic E-state index is 12.9. The molecule has 14 aliphatic carbocycles. The fourth-order valence-corrected chi connectivity index (χ4v) is 39.6. The number of esters is 5. The lowest BCUT2D eigenvalue weighted by molar-refractivity contribution is -0.205. The number of rotatable bonds is 22. The summed E-state index contributed by atoms with van der Waals surface area (Å²) in [6, 6.07) is 38.3. The monoisotopic (exact) mass is 1850 g/mol. The van der Waals surface area contributed by atoms with Crippen LogP contribution in [-0.2, 0) is 102 Å². The first-order valence-corrected chi connectivity index (χ1v) is 59.7. The molecular formula is C111H153O13S5+5. The molecule has 6 aromatic rings. The van der Waals surface area contributed by atoms with Crippen LogP contribution in [0.15, 0.2) is 124 Å². The summed E-state index contributed by atoms with van der Waals surface area (Å²) in [4.78, 5) is 67.0. The Morgan fingerprint density at radius 1 is 0.279 bits per heavy atom. The molecule has 0 unspecified atom stereocenters. The van der Waals surface area contributed by atoms with Crippen LogP contribution in [0.5, 0.6) is 17.2 Å². The minimum Gasteiger partial charge on any atom is -0.481 e. The van der Waals surface area contributed by atoms with Crippen LogP contribution in [0.4, 0.5) is 0 Å². The maximum Gasteiger partial charge on any atom is 0.356 e. The Morgan fingerprint density at radius 3 is 0.845 bits per heavy atom. The molecule has 18 heteroatoms. The zero-order valence-electron chi connectivity index (χ0n) is 78.9. The largest absolute Gasteiger partial charge is 0.481 e. The molecule has 5 heterocycles. The highest BCUT2D eigenvalue weighted by Crippen LogP contribution is 2.63. The first-order valence-electron chi connectivity index (χ1n) is 51.6. The number of hydrogen-bond donors (Lipinski definition) is 0. The van der Waals surface area contributed by atoms with Crippen molar-refractivity contribution in [3.05, 3.63) is 109 Å². The van der Waals surface area contributed by atoms with E-state index in [9.17, 15) is 24.0 Å². The van der Waals surface area contributed by atoms with Gasteiger partial charge in [0.15, 0.2) is 34.5 Å². The van der Waals surface area contributed by atoms with E-state index in [0.29, 0.717) is 101 Å². The van der Waals surface area contributed by atoms with Gasteiger partial charge in [0, 0.05) is 65.0 Å². The van der Waals surface area contributed by atoms with Gasteiger partial charge in [0.25, 0.3) is 0 Å². The van der Waals surface area contributed by atoms with Gasteiger partial charge in [-0.05, 0) is 419 Å². The Hall–Kier alpha value is -5.40. The van der Waals surface area contributed by atoms with Crippen molar-refractivity contribution in [3.63, 3.8) is 0 Å². The standard InChI is InChI=1S/C28H35O3S.2C24H31O3S.C18H29O2S.C17H27O2S/c1-28(21-14-19-13-20(16-21)17-22(28)15-19)31-27(29)18-30-25-9-10-26(32-11-5-2-6-12-32)24-8-4-3-7-23(24)25;1-24(14-6-2-7-15-24)27-23(25)18-26-21-12-13-22(28-16-8-3-9-17-28)20-11-5-4-10-19(20)21;1-2-24(14-6-7-15-24)27-23(25)18-26-21-12-13-22(28-16-8-3-9-17-28)20-11-5-4-10-19(20)21;1-18(20-17(19)12-21-5-3-2-4-6-21)15-8-13-7-14(10-15)11-16(18)9-13;1-17(19-16(18)11-20-4-2-3-5-20)14-7-12-6-13(9-14)10-15(17)8-12/h3-4,7-10,19-22H,2,5-6,11-18H2,1H3;2*4-5,10-13H,2-3,6-9,14-18H2,1H3;13-16H,2-12H2,1H3;12-15H,2-11H2,1H3/q5*+1. The Balaban J connectivity index is 0.000000110. The first kappa shape index (κ1) is 94.0. The van der Waals surface area contributed by atoms with Gasteiger partial charge in [-0.3, -0.25) is 0 Å². The number of ether oxygens (including phenoxy) is 8. The first-order chi connectivity index (χ1) is 62.7. The number of fused-ring (bicyclic) bond motifs is 3. The highest BCUT2D eigenvalue weighted by molar-refractivity contribution is 7.98. The van der Waals surface area contributed by atoms with Crippen LogP contribution in [-0.4, -0.2) is 147 Å². The van der Waals surface area contributed by atoms with E-state index in [1.54, 1.807) is 0 Å². The summed E-state index contributed by atoms with van der Waals surface area (Å²) in [5.41, 5.74) is -1.10. The molecule has 0 atom stereocenters. The number of benzene rings is 6. The second-order valence-corrected chi connectivity index (χ2v) is 54.6. The van der Waals surface area contributed by atoms with Crippen LogP contribution in [0.3, 0.4) is 0 Å². The molecule has 13 nitrogen and oxygen atoms in total. The molecule has 0 radical (unpaired) electrons. The van der Waals surface area contributed by atoms with Gasteiger partial charge < -0.3 is 37.9 Å². The van der Waals surface area contributed by atoms with E-state index in [0.717, 1.165) is 127 Å². The van der Waals surface area contributed by atoms with Gasteiger partial charge >= 0.3 is 29.8 Å². The molecule has 0 N–H and O–H groups in total. The van der Waals surface area contributed by atoms with Gasteiger partial charge in [-0.2, -0.15) is 0 Å². The highest BCUT2D eigenvalue weighted by atomic mass is 32.2. The average Bonchev–Trinajstić information content (AvgIpc) is 1.01. The van der Waals surface area contributed by atoms with Gasteiger partial charge in [0.1, 0.15) is 103 Å². The van der Waals surface area contributed by atoms with Crippen molar-refractivity contribution in [2.24, 2.45) is 71.0 Å². The molecule has 5 aliphatic heterocycles. The SMILES string of the molecule is CC1(OC(=O)COc2ccc([S+]3CCCCC3)c3ccccc23)C2CC3CC(C2)CC1C3.CC1(OC(=O)COc2ccc([S+]3CCCCC3)c3ccccc23)CCCCC1.CC1(OC(=O)C[S+]2CCCC2)C2CC3CC(C2)CC1C3.CC1(OC(=O)C[S+]2CCCCC2)C2CC3CC(C2)CC1C3.CCC1(OC(=O)COc2ccc([S+]3CCCCC3)c3ccccc23)CCCC1. The molecule has 12 bridgehead atoms. The van der Waals surface area contributed by atoms with Crippen LogP contribution in [0.2, 0.25) is 0 Å². The fourth-order valence-electron chi connectivity index (χ4n) is 27.9. The molecule has 700 valence electrons. The number of carbonyl (C=O) groups excluding carboxylic acids is 5. The van der Waals surface area contributed by atoms with Gasteiger partial charge in [-0.15, -0.1) is 0 Å². The van der Waals surface area contributed by atoms with E-state index >= 15 is 0 Å². The molecule has 0 amide bonds. The minimum atomic E-state index is -0.313. The van der Waals surface area contributed by atoms with Gasteiger partial charge in [0.05, 0.1) is 0 Å². The zero-order valence-corrected chi connectivity index (χ0v) is 82.9. The Kier molecular flexibility index (Phi) is 30.9. The summed E-state index contributed by atoms with van der Waals surface area (Å²) in [5, 5.41) is 7.18. The van der Waals surface area contributed by atoms with Crippen molar-refractivity contribution >= 4 is 117 Å². The number of carbonyl (C=O) groups is 5. The third kappa shape index (κ3) is 22.2. The van der Waals surface area contributed by atoms with Crippen LogP contribution in [0.25, 0.3) is 32.3 Å². The number of hydrogen-bond acceptors (Lipinski definition) is 13. The van der Waals surface area contributed by atoms with Crippen LogP contribution >= 0.6 is 0 Å². The summed E-state index contributed by atoms with van der Waals surface area (Å²) in [7, 11) is 1.68. The van der Waals surface area contributed by atoms with Crippen molar-refractivity contribution in [1.29, 1.82) is 0 Å². The summed E-state index contributed by atoms with van der Waals surface area (Å²) in [6.07, 6.45) is 49.2. The second kappa shape index (κ2) is 42.5.